The van der Waals surface area contributed by atoms with Gasteiger partial charge in [-0.25, -0.2) is 4.99 Å². The third-order valence-corrected chi connectivity index (χ3v) is 6.58. The van der Waals surface area contributed by atoms with E-state index < -0.39 is 6.64 Å². The lowest BCUT2D eigenvalue weighted by molar-refractivity contribution is 0.240. The zero-order chi connectivity index (χ0) is 16.0. The topological polar surface area (TPSA) is 43.3 Å². The Kier molecular flexibility index (Phi) is 6.38. The van der Waals surface area contributed by atoms with Crippen LogP contribution in [0.2, 0.25) is 0 Å². The van der Waals surface area contributed by atoms with Gasteiger partial charge in [-0.05, 0) is 38.1 Å². The molecule has 0 unspecified atom stereocenters. The maximum absolute atomic E-state index is 5.74. The van der Waals surface area contributed by atoms with Gasteiger partial charge in [-0.3, -0.25) is 4.67 Å². The van der Waals surface area contributed by atoms with Gasteiger partial charge in [0.25, 0.3) is 12.7 Å². The first-order valence-corrected chi connectivity index (χ1v) is 10.1. The van der Waals surface area contributed by atoms with Gasteiger partial charge in [0.05, 0.1) is 25.8 Å². The van der Waals surface area contributed by atoms with E-state index in [1.54, 1.807) is 0 Å². The fourth-order valence-corrected chi connectivity index (χ4v) is 4.94. The zero-order valence-corrected chi connectivity index (χ0v) is 15.0. The van der Waals surface area contributed by atoms with Crippen molar-refractivity contribution in [2.75, 3.05) is 26.4 Å². The SMILES string of the molecule is CCOP(=S)(OCC)N1CCOC1=N[C@@H](C)c1ccccc1. The van der Waals surface area contributed by atoms with Crippen molar-refractivity contribution in [2.24, 2.45) is 4.99 Å². The summed E-state index contributed by atoms with van der Waals surface area (Å²) >= 11 is 5.64. The average molecular weight is 342 g/mol. The number of nitrogens with zero attached hydrogens (tertiary/aromatic N) is 2. The summed E-state index contributed by atoms with van der Waals surface area (Å²) in [5.74, 6) is 0. The van der Waals surface area contributed by atoms with Crippen molar-refractivity contribution in [3.63, 3.8) is 0 Å². The molecular formula is C15H23N2O3PS. The lowest BCUT2D eigenvalue weighted by Crippen LogP contribution is -2.25. The average Bonchev–Trinajstić information content (AvgIpc) is 2.97. The van der Waals surface area contributed by atoms with Crippen LogP contribution >= 0.6 is 6.64 Å². The van der Waals surface area contributed by atoms with Crippen molar-refractivity contribution in [1.29, 1.82) is 0 Å². The molecule has 0 radical (unpaired) electrons. The van der Waals surface area contributed by atoms with Crippen molar-refractivity contribution in [1.82, 2.24) is 4.67 Å². The Balaban J connectivity index is 2.22. The lowest BCUT2D eigenvalue weighted by Gasteiger charge is -2.29. The second-order valence-corrected chi connectivity index (χ2v) is 8.09. The molecule has 1 atom stereocenters. The van der Waals surface area contributed by atoms with Crippen LogP contribution in [0, 0.1) is 0 Å². The number of hydrogen-bond acceptors (Lipinski definition) is 5. The highest BCUT2D eigenvalue weighted by atomic mass is 32.5. The van der Waals surface area contributed by atoms with E-state index in [0.717, 1.165) is 5.56 Å². The van der Waals surface area contributed by atoms with Gasteiger partial charge in [0.1, 0.15) is 6.61 Å². The number of hydrogen-bond donors (Lipinski definition) is 0. The van der Waals surface area contributed by atoms with Crippen LogP contribution in [-0.4, -0.2) is 37.1 Å². The fourth-order valence-electron chi connectivity index (χ4n) is 2.20. The Hall–Kier alpha value is -0.940. The molecule has 1 aromatic rings. The Bertz CT molecular complexity index is 543. The van der Waals surface area contributed by atoms with Crippen molar-refractivity contribution < 1.29 is 13.8 Å². The smallest absolute Gasteiger partial charge is 0.295 e. The molecule has 0 N–H and O–H groups in total. The Morgan fingerprint density at radius 1 is 1.27 bits per heavy atom. The highest BCUT2D eigenvalue weighted by Crippen LogP contribution is 2.53. The van der Waals surface area contributed by atoms with Gasteiger partial charge in [-0.15, -0.1) is 0 Å². The summed E-state index contributed by atoms with van der Waals surface area (Å²) in [6, 6.07) is 10.6. The molecular weight excluding hydrogens is 319 g/mol. The Morgan fingerprint density at radius 2 is 1.91 bits per heavy atom. The van der Waals surface area contributed by atoms with Gasteiger partial charge in [0.15, 0.2) is 0 Å². The fraction of sp³-hybridized carbons (Fsp3) is 0.533. The van der Waals surface area contributed by atoms with E-state index >= 15 is 0 Å². The van der Waals surface area contributed by atoms with Crippen LogP contribution in [0.5, 0.6) is 0 Å². The standard InChI is InChI=1S/C15H23N2O3PS/c1-4-19-21(22,20-5-2)17-11-12-18-15(17)16-13(3)14-9-7-6-8-10-14/h6-10,13H,4-5,11-12H2,1-3H3/t13-/m0/s1. The minimum absolute atomic E-state index is 0.0106. The summed E-state index contributed by atoms with van der Waals surface area (Å²) in [5, 5.41) is 0. The van der Waals surface area contributed by atoms with Gasteiger partial charge in [0, 0.05) is 0 Å². The van der Waals surface area contributed by atoms with Crippen LogP contribution in [0.3, 0.4) is 0 Å². The summed E-state index contributed by atoms with van der Waals surface area (Å²) < 4.78 is 19.0. The molecule has 0 amide bonds. The number of rotatable bonds is 7. The minimum atomic E-state index is -2.56. The molecule has 7 heteroatoms. The van der Waals surface area contributed by atoms with Crippen molar-refractivity contribution in [2.45, 2.75) is 26.8 Å². The summed E-state index contributed by atoms with van der Waals surface area (Å²) in [6.45, 7) is 5.53. The number of ether oxygens (including phenoxy) is 1. The first-order valence-electron chi connectivity index (χ1n) is 7.53. The van der Waals surface area contributed by atoms with Gasteiger partial charge in [-0.1, -0.05) is 30.3 Å². The van der Waals surface area contributed by atoms with Crippen LogP contribution in [0.4, 0.5) is 0 Å². The predicted molar refractivity (Wildman–Crippen MR) is 92.5 cm³/mol. The number of benzene rings is 1. The van der Waals surface area contributed by atoms with E-state index in [1.165, 1.54) is 0 Å². The third-order valence-electron chi connectivity index (χ3n) is 3.22. The zero-order valence-electron chi connectivity index (χ0n) is 13.3. The third kappa shape index (κ3) is 4.07. The molecule has 0 aromatic heterocycles. The van der Waals surface area contributed by atoms with Crippen LogP contribution in [0.1, 0.15) is 32.4 Å². The van der Waals surface area contributed by atoms with E-state index in [4.69, 9.17) is 25.6 Å². The van der Waals surface area contributed by atoms with Crippen LogP contribution in [0.25, 0.3) is 0 Å². The van der Waals surface area contributed by atoms with Crippen LogP contribution < -0.4 is 0 Å². The van der Waals surface area contributed by atoms with Crippen LogP contribution in [-0.2, 0) is 25.6 Å². The molecule has 0 saturated carbocycles. The molecule has 1 heterocycles. The number of aliphatic imine (C=N–C) groups is 1. The second-order valence-electron chi connectivity index (χ2n) is 4.77. The molecule has 5 nitrogen and oxygen atoms in total. The predicted octanol–water partition coefficient (Wildman–Crippen LogP) is 3.73. The Labute approximate surface area is 137 Å². The first kappa shape index (κ1) is 17.4. The molecule has 1 aliphatic heterocycles. The quantitative estimate of drug-likeness (QED) is 0.706. The van der Waals surface area contributed by atoms with Crippen molar-refractivity contribution in [3.05, 3.63) is 35.9 Å². The molecule has 0 bridgehead atoms. The van der Waals surface area contributed by atoms with Crippen LogP contribution in [0.15, 0.2) is 35.3 Å². The van der Waals surface area contributed by atoms with Gasteiger partial charge < -0.3 is 13.8 Å². The summed E-state index contributed by atoms with van der Waals surface area (Å²) in [4.78, 5) is 4.68. The van der Waals surface area contributed by atoms with E-state index in [1.807, 2.05) is 43.6 Å². The molecule has 0 spiro atoms. The minimum Gasteiger partial charge on any atom is -0.463 e. The number of amidine groups is 1. The Morgan fingerprint density at radius 3 is 2.50 bits per heavy atom. The molecule has 1 aromatic carbocycles. The molecule has 1 fully saturated rings. The largest absolute Gasteiger partial charge is 0.463 e. The summed E-state index contributed by atoms with van der Waals surface area (Å²) in [5.41, 5.74) is 1.13. The van der Waals surface area contributed by atoms with E-state index in [-0.39, 0.29) is 6.04 Å². The van der Waals surface area contributed by atoms with E-state index in [0.29, 0.717) is 32.4 Å². The highest BCUT2D eigenvalue weighted by molar-refractivity contribution is 8.09. The van der Waals surface area contributed by atoms with Crippen molar-refractivity contribution in [3.8, 4) is 0 Å². The molecule has 122 valence electrons. The second kappa shape index (κ2) is 8.06. The molecule has 1 aliphatic rings. The lowest BCUT2D eigenvalue weighted by atomic mass is 10.1. The van der Waals surface area contributed by atoms with Crippen molar-refractivity contribution >= 4 is 24.5 Å². The maximum atomic E-state index is 5.74. The molecule has 22 heavy (non-hydrogen) atoms. The van der Waals surface area contributed by atoms with E-state index in [9.17, 15) is 0 Å². The highest BCUT2D eigenvalue weighted by Gasteiger charge is 2.36. The monoisotopic (exact) mass is 342 g/mol. The first-order chi connectivity index (χ1) is 10.6. The molecule has 2 rings (SSSR count). The normalized spacial score (nSPS) is 18.5. The summed E-state index contributed by atoms with van der Waals surface area (Å²) in [6.07, 6.45) is 0. The summed E-state index contributed by atoms with van der Waals surface area (Å²) in [7, 11) is 0. The molecule has 1 saturated heterocycles. The van der Waals surface area contributed by atoms with Gasteiger partial charge >= 0.3 is 0 Å². The molecule has 0 aliphatic carbocycles. The van der Waals surface area contributed by atoms with E-state index in [2.05, 4.69) is 17.1 Å². The maximum Gasteiger partial charge on any atom is 0.295 e. The van der Waals surface area contributed by atoms with Gasteiger partial charge in [-0.2, -0.15) is 0 Å². The van der Waals surface area contributed by atoms with Gasteiger partial charge in [0.2, 0.25) is 0 Å².